The topological polar surface area (TPSA) is 58.6 Å². The number of ether oxygens (including phenoxy) is 1. The Morgan fingerprint density at radius 2 is 1.75 bits per heavy atom. The number of amides is 1. The van der Waals surface area contributed by atoms with E-state index in [0.29, 0.717) is 17.9 Å². The number of hydrogen-bond acceptors (Lipinski definition) is 4. The van der Waals surface area contributed by atoms with Gasteiger partial charge in [0.1, 0.15) is 5.75 Å². The van der Waals surface area contributed by atoms with Crippen LogP contribution < -0.4 is 10.1 Å². The summed E-state index contributed by atoms with van der Waals surface area (Å²) in [6.45, 7) is 5.63. The van der Waals surface area contributed by atoms with Crippen LogP contribution in [0.2, 0.25) is 0 Å². The van der Waals surface area contributed by atoms with Crippen LogP contribution in [0.5, 0.6) is 5.75 Å². The van der Waals surface area contributed by atoms with Crippen molar-refractivity contribution in [3.63, 3.8) is 0 Å². The van der Waals surface area contributed by atoms with E-state index in [-0.39, 0.29) is 18.3 Å². The largest absolute Gasteiger partial charge is 0.484 e. The van der Waals surface area contributed by atoms with E-state index in [1.54, 1.807) is 24.3 Å². The predicted octanol–water partition coefficient (Wildman–Crippen LogP) is 2.65. The second-order valence-electron chi connectivity index (χ2n) is 6.33. The fraction of sp³-hybridized carbons (Fsp3) is 0.579. The molecule has 1 heterocycles. The fourth-order valence-electron chi connectivity index (χ4n) is 2.88. The molecule has 1 N–H and O–H groups in total. The Bertz CT molecular complexity index is 520. The molecule has 0 saturated carbocycles. The van der Waals surface area contributed by atoms with Gasteiger partial charge in [-0.15, -0.1) is 0 Å². The Morgan fingerprint density at radius 1 is 1.08 bits per heavy atom. The molecule has 0 aliphatic carbocycles. The summed E-state index contributed by atoms with van der Waals surface area (Å²) in [5.74, 6) is 0.505. The lowest BCUT2D eigenvalue weighted by molar-refractivity contribution is -0.123. The van der Waals surface area contributed by atoms with Gasteiger partial charge in [-0.3, -0.25) is 9.59 Å². The number of carbonyl (C=O) groups excluding carboxylic acids is 2. The van der Waals surface area contributed by atoms with Gasteiger partial charge >= 0.3 is 0 Å². The van der Waals surface area contributed by atoms with Gasteiger partial charge in [0.2, 0.25) is 0 Å². The highest BCUT2D eigenvalue weighted by Gasteiger charge is 2.09. The van der Waals surface area contributed by atoms with Crippen molar-refractivity contribution < 1.29 is 14.3 Å². The molecular weight excluding hydrogens is 304 g/mol. The number of benzene rings is 1. The number of nitrogens with zero attached hydrogens (tertiary/aromatic N) is 1. The summed E-state index contributed by atoms with van der Waals surface area (Å²) >= 11 is 0. The summed E-state index contributed by atoms with van der Waals surface area (Å²) in [5, 5.41) is 2.89. The molecule has 1 saturated heterocycles. The molecule has 1 aliphatic rings. The SMILES string of the molecule is CC(=O)c1ccc(OCC(=O)NCCCN2CCCCCC2)cc1. The molecule has 132 valence electrons. The average molecular weight is 332 g/mol. The van der Waals surface area contributed by atoms with Crippen molar-refractivity contribution in [2.75, 3.05) is 32.8 Å². The molecule has 0 unspecified atom stereocenters. The van der Waals surface area contributed by atoms with E-state index < -0.39 is 0 Å². The zero-order valence-corrected chi connectivity index (χ0v) is 14.6. The summed E-state index contributed by atoms with van der Waals surface area (Å²) in [4.78, 5) is 25.5. The van der Waals surface area contributed by atoms with Crippen molar-refractivity contribution in [1.82, 2.24) is 10.2 Å². The molecule has 5 nitrogen and oxygen atoms in total. The second-order valence-corrected chi connectivity index (χ2v) is 6.33. The molecule has 1 aromatic rings. The average Bonchev–Trinajstić information content (AvgIpc) is 2.86. The molecule has 0 aromatic heterocycles. The van der Waals surface area contributed by atoms with Crippen LogP contribution in [0.4, 0.5) is 0 Å². The first-order valence-electron chi connectivity index (χ1n) is 8.88. The van der Waals surface area contributed by atoms with Crippen LogP contribution in [0.15, 0.2) is 24.3 Å². The van der Waals surface area contributed by atoms with Gasteiger partial charge in [0.15, 0.2) is 12.4 Å². The van der Waals surface area contributed by atoms with Gasteiger partial charge in [0, 0.05) is 12.1 Å². The van der Waals surface area contributed by atoms with E-state index in [0.717, 1.165) is 13.0 Å². The van der Waals surface area contributed by atoms with E-state index in [9.17, 15) is 9.59 Å². The van der Waals surface area contributed by atoms with Crippen LogP contribution in [0, 0.1) is 0 Å². The molecule has 5 heteroatoms. The molecule has 2 rings (SSSR count). The van der Waals surface area contributed by atoms with E-state index >= 15 is 0 Å². The summed E-state index contributed by atoms with van der Waals surface area (Å²) in [7, 11) is 0. The zero-order chi connectivity index (χ0) is 17.2. The lowest BCUT2D eigenvalue weighted by Gasteiger charge is -2.19. The Labute approximate surface area is 144 Å². The molecule has 0 bridgehead atoms. The molecule has 24 heavy (non-hydrogen) atoms. The highest BCUT2D eigenvalue weighted by molar-refractivity contribution is 5.94. The summed E-state index contributed by atoms with van der Waals surface area (Å²) in [6, 6.07) is 6.83. The van der Waals surface area contributed by atoms with Gasteiger partial charge in [-0.25, -0.2) is 0 Å². The number of carbonyl (C=O) groups is 2. The first kappa shape index (κ1) is 18.5. The first-order chi connectivity index (χ1) is 11.6. The zero-order valence-electron chi connectivity index (χ0n) is 14.6. The maximum atomic E-state index is 11.8. The number of hydrogen-bond donors (Lipinski definition) is 1. The number of Topliss-reactive ketones (excluding diaryl/α,β-unsaturated/α-hetero) is 1. The molecule has 1 amide bonds. The highest BCUT2D eigenvalue weighted by Crippen LogP contribution is 2.12. The fourth-order valence-corrected chi connectivity index (χ4v) is 2.88. The minimum absolute atomic E-state index is 0.00311. The number of nitrogens with one attached hydrogen (secondary N) is 1. The van der Waals surface area contributed by atoms with E-state index in [1.165, 1.54) is 45.7 Å². The summed E-state index contributed by atoms with van der Waals surface area (Å²) in [5.41, 5.74) is 0.639. The number of rotatable bonds is 8. The van der Waals surface area contributed by atoms with E-state index in [2.05, 4.69) is 10.2 Å². The monoisotopic (exact) mass is 332 g/mol. The molecule has 0 atom stereocenters. The number of ketones is 1. The van der Waals surface area contributed by atoms with Crippen LogP contribution in [-0.4, -0.2) is 49.4 Å². The first-order valence-corrected chi connectivity index (χ1v) is 8.88. The van der Waals surface area contributed by atoms with Crippen molar-refractivity contribution in [3.05, 3.63) is 29.8 Å². The third kappa shape index (κ3) is 6.71. The Hall–Kier alpha value is -1.88. The molecule has 1 aromatic carbocycles. The smallest absolute Gasteiger partial charge is 0.257 e. The van der Waals surface area contributed by atoms with Crippen molar-refractivity contribution in [1.29, 1.82) is 0 Å². The number of likely N-dealkylation sites (tertiary alicyclic amines) is 1. The van der Waals surface area contributed by atoms with Gasteiger partial charge in [0.05, 0.1) is 0 Å². The predicted molar refractivity (Wildman–Crippen MR) is 94.5 cm³/mol. The highest BCUT2D eigenvalue weighted by atomic mass is 16.5. The van der Waals surface area contributed by atoms with Crippen molar-refractivity contribution in [3.8, 4) is 5.75 Å². The molecular formula is C19H28N2O3. The third-order valence-electron chi connectivity index (χ3n) is 4.30. The van der Waals surface area contributed by atoms with E-state index in [1.807, 2.05) is 0 Å². The van der Waals surface area contributed by atoms with Crippen LogP contribution in [0.1, 0.15) is 49.4 Å². The minimum atomic E-state index is -0.110. The normalized spacial score (nSPS) is 15.5. The summed E-state index contributed by atoms with van der Waals surface area (Å²) < 4.78 is 5.43. The standard InChI is InChI=1S/C19H28N2O3/c1-16(22)17-7-9-18(10-8-17)24-15-19(23)20-11-6-14-21-12-4-2-3-5-13-21/h7-10H,2-6,11-15H2,1H3,(H,20,23). The maximum Gasteiger partial charge on any atom is 0.257 e. The minimum Gasteiger partial charge on any atom is -0.484 e. The van der Waals surface area contributed by atoms with Gasteiger partial charge in [0.25, 0.3) is 5.91 Å². The molecule has 0 spiro atoms. The van der Waals surface area contributed by atoms with Gasteiger partial charge < -0.3 is 15.0 Å². The van der Waals surface area contributed by atoms with Crippen LogP contribution in [0.25, 0.3) is 0 Å². The summed E-state index contributed by atoms with van der Waals surface area (Å²) in [6.07, 6.45) is 6.25. The molecule has 1 aliphatic heterocycles. The lowest BCUT2D eigenvalue weighted by atomic mass is 10.1. The maximum absolute atomic E-state index is 11.8. The van der Waals surface area contributed by atoms with E-state index in [4.69, 9.17) is 4.74 Å². The van der Waals surface area contributed by atoms with Crippen LogP contribution in [-0.2, 0) is 4.79 Å². The van der Waals surface area contributed by atoms with Gasteiger partial charge in [-0.1, -0.05) is 12.8 Å². The van der Waals surface area contributed by atoms with Crippen molar-refractivity contribution >= 4 is 11.7 Å². The Morgan fingerprint density at radius 3 is 2.38 bits per heavy atom. The van der Waals surface area contributed by atoms with Crippen molar-refractivity contribution in [2.24, 2.45) is 0 Å². The quantitative estimate of drug-likeness (QED) is 0.587. The molecule has 0 radical (unpaired) electrons. The van der Waals surface area contributed by atoms with Crippen molar-refractivity contribution in [2.45, 2.75) is 39.0 Å². The van der Waals surface area contributed by atoms with Crippen LogP contribution >= 0.6 is 0 Å². The van der Waals surface area contributed by atoms with Crippen LogP contribution in [0.3, 0.4) is 0 Å². The Kier molecular flexibility index (Phi) is 7.75. The Balaban J connectivity index is 1.58. The van der Waals surface area contributed by atoms with Gasteiger partial charge in [-0.05, 0) is 70.1 Å². The lowest BCUT2D eigenvalue weighted by Crippen LogP contribution is -2.33. The van der Waals surface area contributed by atoms with Gasteiger partial charge in [-0.2, -0.15) is 0 Å². The third-order valence-corrected chi connectivity index (χ3v) is 4.30. The second kappa shape index (κ2) is 10.1. The molecule has 1 fully saturated rings.